The summed E-state index contributed by atoms with van der Waals surface area (Å²) in [6.45, 7) is 7.22. The Hall–Kier alpha value is -0.610. The Morgan fingerprint density at radius 3 is 2.80 bits per heavy atom. The summed E-state index contributed by atoms with van der Waals surface area (Å²) in [7, 11) is 0. The molecule has 88 valence electrons. The largest absolute Gasteiger partial charge is 0.374 e. The van der Waals surface area contributed by atoms with E-state index in [1.807, 2.05) is 13.8 Å². The maximum atomic E-state index is 11.7. The lowest BCUT2D eigenvalue weighted by molar-refractivity contribution is -0.126. The van der Waals surface area contributed by atoms with Crippen molar-refractivity contribution in [3.05, 3.63) is 0 Å². The average Bonchev–Trinajstić information content (AvgIpc) is 2.29. The molecule has 4 nitrogen and oxygen atoms in total. The molecule has 0 aromatic carbocycles. The van der Waals surface area contributed by atoms with Gasteiger partial charge in [-0.1, -0.05) is 13.8 Å². The second-order valence-electron chi connectivity index (χ2n) is 3.96. The van der Waals surface area contributed by atoms with E-state index in [0.717, 1.165) is 32.5 Å². The fourth-order valence-electron chi connectivity index (χ4n) is 1.77. The molecule has 0 radical (unpaired) electrons. The molecule has 1 aliphatic rings. The number of hydrogen-bond acceptors (Lipinski definition) is 3. The number of carbonyl (C=O) groups excluding carboxylic acids is 1. The number of ether oxygens (including phenoxy) is 1. The summed E-state index contributed by atoms with van der Waals surface area (Å²) in [5.74, 6) is 0.315. The Morgan fingerprint density at radius 2 is 2.27 bits per heavy atom. The van der Waals surface area contributed by atoms with Gasteiger partial charge in [0.2, 0.25) is 5.91 Å². The maximum absolute atomic E-state index is 11.7. The lowest BCUT2D eigenvalue weighted by Crippen LogP contribution is -2.46. The molecule has 1 unspecified atom stereocenters. The summed E-state index contributed by atoms with van der Waals surface area (Å²) in [5.41, 5.74) is 0. The van der Waals surface area contributed by atoms with Crippen LogP contribution in [0.4, 0.5) is 0 Å². The zero-order valence-corrected chi connectivity index (χ0v) is 9.71. The zero-order valence-electron chi connectivity index (χ0n) is 9.71. The molecule has 15 heavy (non-hydrogen) atoms. The molecular weight excluding hydrogens is 192 g/mol. The van der Waals surface area contributed by atoms with Gasteiger partial charge in [-0.15, -0.1) is 0 Å². The number of rotatable bonds is 5. The first-order valence-corrected chi connectivity index (χ1v) is 5.88. The van der Waals surface area contributed by atoms with Crippen LogP contribution in [0.1, 0.15) is 26.7 Å². The molecule has 0 aliphatic carbocycles. The van der Waals surface area contributed by atoms with Gasteiger partial charge in [0.1, 0.15) is 0 Å². The van der Waals surface area contributed by atoms with Crippen LogP contribution in [0.3, 0.4) is 0 Å². The number of amides is 1. The number of nitrogens with one attached hydrogen (secondary N) is 2. The molecule has 4 heteroatoms. The average molecular weight is 214 g/mol. The molecular formula is C11H22N2O2. The summed E-state index contributed by atoms with van der Waals surface area (Å²) in [6.07, 6.45) is 1.95. The van der Waals surface area contributed by atoms with Gasteiger partial charge in [-0.25, -0.2) is 0 Å². The summed E-state index contributed by atoms with van der Waals surface area (Å²) in [5, 5.41) is 6.19. The highest BCUT2D eigenvalue weighted by molar-refractivity contribution is 5.78. The topological polar surface area (TPSA) is 50.4 Å². The fraction of sp³-hybridized carbons (Fsp3) is 0.909. The third-order valence-corrected chi connectivity index (χ3v) is 2.86. The monoisotopic (exact) mass is 214 g/mol. The normalized spacial score (nSPS) is 21.7. The predicted octanol–water partition coefficient (Wildman–Crippen LogP) is 0.527. The minimum absolute atomic E-state index is 0.136. The van der Waals surface area contributed by atoms with Crippen molar-refractivity contribution in [2.45, 2.75) is 32.8 Å². The minimum atomic E-state index is 0.136. The lowest BCUT2D eigenvalue weighted by Gasteiger charge is -2.24. The van der Waals surface area contributed by atoms with E-state index in [1.54, 1.807) is 0 Å². The summed E-state index contributed by atoms with van der Waals surface area (Å²) in [4.78, 5) is 11.7. The number of carbonyl (C=O) groups is 1. The van der Waals surface area contributed by atoms with Crippen molar-refractivity contribution in [1.29, 1.82) is 0 Å². The van der Waals surface area contributed by atoms with E-state index in [9.17, 15) is 4.79 Å². The Labute approximate surface area is 91.8 Å². The van der Waals surface area contributed by atoms with E-state index >= 15 is 0 Å². The van der Waals surface area contributed by atoms with Gasteiger partial charge in [-0.05, 0) is 12.8 Å². The van der Waals surface area contributed by atoms with Crippen LogP contribution in [0, 0.1) is 5.92 Å². The van der Waals surface area contributed by atoms with E-state index in [4.69, 9.17) is 4.74 Å². The van der Waals surface area contributed by atoms with Crippen LogP contribution >= 0.6 is 0 Å². The van der Waals surface area contributed by atoms with Crippen molar-refractivity contribution < 1.29 is 9.53 Å². The Bertz CT molecular complexity index is 187. The van der Waals surface area contributed by atoms with Crippen molar-refractivity contribution in [3.63, 3.8) is 0 Å². The van der Waals surface area contributed by atoms with Gasteiger partial charge >= 0.3 is 0 Å². The second-order valence-corrected chi connectivity index (χ2v) is 3.96. The van der Waals surface area contributed by atoms with E-state index in [1.165, 1.54) is 0 Å². The number of morpholine rings is 1. The van der Waals surface area contributed by atoms with Gasteiger partial charge < -0.3 is 15.4 Å². The molecule has 1 rings (SSSR count). The third-order valence-electron chi connectivity index (χ3n) is 2.86. The van der Waals surface area contributed by atoms with E-state index in [2.05, 4.69) is 10.6 Å². The Kier molecular flexibility index (Phi) is 5.65. The zero-order chi connectivity index (χ0) is 11.1. The van der Waals surface area contributed by atoms with Crippen LogP contribution in [0.2, 0.25) is 0 Å². The molecule has 0 aromatic heterocycles. The molecule has 1 atom stereocenters. The fourth-order valence-corrected chi connectivity index (χ4v) is 1.77. The van der Waals surface area contributed by atoms with Gasteiger partial charge in [0.15, 0.2) is 0 Å². The van der Waals surface area contributed by atoms with Gasteiger partial charge in [-0.3, -0.25) is 4.79 Å². The Balaban J connectivity index is 2.20. The van der Waals surface area contributed by atoms with Crippen molar-refractivity contribution in [2.75, 3.05) is 26.2 Å². The summed E-state index contributed by atoms with van der Waals surface area (Å²) < 4.78 is 5.50. The maximum Gasteiger partial charge on any atom is 0.223 e. The standard InChI is InChI=1S/C11H22N2O2/c1-3-9(4-2)11(14)13-8-10-7-12-5-6-15-10/h9-10,12H,3-8H2,1-2H3,(H,13,14). The quantitative estimate of drug-likeness (QED) is 0.702. The molecule has 1 saturated heterocycles. The van der Waals surface area contributed by atoms with Crippen LogP contribution < -0.4 is 10.6 Å². The first-order chi connectivity index (χ1) is 7.27. The van der Waals surface area contributed by atoms with Crippen molar-refractivity contribution >= 4 is 5.91 Å². The predicted molar refractivity (Wildman–Crippen MR) is 59.7 cm³/mol. The van der Waals surface area contributed by atoms with Gasteiger partial charge in [0.25, 0.3) is 0 Å². The van der Waals surface area contributed by atoms with Crippen molar-refractivity contribution in [3.8, 4) is 0 Å². The molecule has 0 saturated carbocycles. The first-order valence-electron chi connectivity index (χ1n) is 5.88. The molecule has 2 N–H and O–H groups in total. The molecule has 1 amide bonds. The lowest BCUT2D eigenvalue weighted by atomic mass is 10.0. The second kappa shape index (κ2) is 6.80. The highest BCUT2D eigenvalue weighted by Crippen LogP contribution is 2.07. The van der Waals surface area contributed by atoms with E-state index in [0.29, 0.717) is 6.54 Å². The Morgan fingerprint density at radius 1 is 1.53 bits per heavy atom. The molecule has 1 heterocycles. The van der Waals surface area contributed by atoms with Gasteiger partial charge in [0, 0.05) is 25.6 Å². The van der Waals surface area contributed by atoms with E-state index in [-0.39, 0.29) is 17.9 Å². The van der Waals surface area contributed by atoms with Crippen LogP contribution in [0.5, 0.6) is 0 Å². The van der Waals surface area contributed by atoms with Gasteiger partial charge in [0.05, 0.1) is 12.7 Å². The first kappa shape index (κ1) is 12.5. The summed E-state index contributed by atoms with van der Waals surface area (Å²) in [6, 6.07) is 0. The molecule has 1 aliphatic heterocycles. The molecule has 0 aromatic rings. The van der Waals surface area contributed by atoms with Gasteiger partial charge in [-0.2, -0.15) is 0 Å². The molecule has 0 bridgehead atoms. The SMILES string of the molecule is CCC(CC)C(=O)NCC1CNCCO1. The van der Waals surface area contributed by atoms with Crippen LogP contribution in [-0.4, -0.2) is 38.3 Å². The van der Waals surface area contributed by atoms with Crippen LogP contribution in [0.25, 0.3) is 0 Å². The summed E-state index contributed by atoms with van der Waals surface area (Å²) >= 11 is 0. The van der Waals surface area contributed by atoms with Crippen LogP contribution in [0.15, 0.2) is 0 Å². The minimum Gasteiger partial charge on any atom is -0.374 e. The van der Waals surface area contributed by atoms with Crippen LogP contribution in [-0.2, 0) is 9.53 Å². The highest BCUT2D eigenvalue weighted by Gasteiger charge is 2.17. The molecule has 0 spiro atoms. The third kappa shape index (κ3) is 4.18. The van der Waals surface area contributed by atoms with Crippen molar-refractivity contribution in [2.24, 2.45) is 5.92 Å². The molecule has 1 fully saturated rings. The smallest absolute Gasteiger partial charge is 0.223 e. The van der Waals surface area contributed by atoms with Crippen molar-refractivity contribution in [1.82, 2.24) is 10.6 Å². The number of hydrogen-bond donors (Lipinski definition) is 2. The van der Waals surface area contributed by atoms with E-state index < -0.39 is 0 Å². The highest BCUT2D eigenvalue weighted by atomic mass is 16.5.